The van der Waals surface area contributed by atoms with Gasteiger partial charge in [-0.05, 0) is 34.1 Å². The van der Waals surface area contributed by atoms with Crippen LogP contribution in [0.3, 0.4) is 0 Å². The summed E-state index contributed by atoms with van der Waals surface area (Å²) in [5.74, 6) is -0.914. The van der Waals surface area contributed by atoms with Gasteiger partial charge in [-0.2, -0.15) is 4.67 Å². The molecule has 0 aliphatic heterocycles. The number of fused-ring (bicyclic) bond motifs is 1. The average Bonchev–Trinajstić information content (AvgIpc) is 3.12. The van der Waals surface area contributed by atoms with Crippen molar-refractivity contribution in [3.63, 3.8) is 0 Å². The van der Waals surface area contributed by atoms with Crippen LogP contribution in [0.4, 0.5) is 10.6 Å². The SMILES string of the molecule is COCCCc1nc(N(C(=O)OC(C)C)[PH](=O)OC=O)c2[nH]c(C(=O)OC(C)C)nc2n1. The molecule has 2 heterocycles. The van der Waals surface area contributed by atoms with Crippen LogP contribution in [-0.2, 0) is 34.5 Å². The number of hydrogen-bond acceptors (Lipinski definition) is 11. The Balaban J connectivity index is 2.64. The Morgan fingerprint density at radius 1 is 1.12 bits per heavy atom. The molecule has 1 N–H and O–H groups in total. The van der Waals surface area contributed by atoms with Crippen LogP contribution in [0.2, 0.25) is 0 Å². The van der Waals surface area contributed by atoms with E-state index in [1.807, 2.05) is 0 Å². The Kier molecular flexibility index (Phi) is 9.09. The molecule has 0 aliphatic carbocycles. The van der Waals surface area contributed by atoms with E-state index in [0.29, 0.717) is 24.1 Å². The highest BCUT2D eigenvalue weighted by Gasteiger charge is 2.31. The van der Waals surface area contributed by atoms with E-state index in [1.165, 1.54) is 0 Å². The van der Waals surface area contributed by atoms with E-state index in [2.05, 4.69) is 24.5 Å². The van der Waals surface area contributed by atoms with Crippen LogP contribution in [0.25, 0.3) is 11.2 Å². The molecule has 0 spiro atoms. The Morgan fingerprint density at radius 3 is 2.41 bits per heavy atom. The first-order valence-corrected chi connectivity index (χ1v) is 11.1. The van der Waals surface area contributed by atoms with E-state index < -0.39 is 32.4 Å². The molecule has 2 rings (SSSR count). The summed E-state index contributed by atoms with van der Waals surface area (Å²) in [4.78, 5) is 51.2. The van der Waals surface area contributed by atoms with Crippen molar-refractivity contribution < 1.29 is 37.7 Å². The summed E-state index contributed by atoms with van der Waals surface area (Å²) in [5.41, 5.74) is 0.0473. The van der Waals surface area contributed by atoms with Crippen LogP contribution in [-0.4, -0.2) is 64.4 Å². The second kappa shape index (κ2) is 11.5. The zero-order valence-corrected chi connectivity index (χ0v) is 19.4. The van der Waals surface area contributed by atoms with Crippen molar-refractivity contribution in [3.05, 3.63) is 11.6 Å². The van der Waals surface area contributed by atoms with E-state index in [4.69, 9.17) is 14.2 Å². The average molecular weight is 471 g/mol. The second-order valence-corrected chi connectivity index (χ2v) is 8.26. The number of methoxy groups -OCH3 is 1. The number of anilines is 1. The van der Waals surface area contributed by atoms with Crippen molar-refractivity contribution in [1.82, 2.24) is 19.9 Å². The summed E-state index contributed by atoms with van der Waals surface area (Å²) in [6, 6.07) is 0. The monoisotopic (exact) mass is 471 g/mol. The number of amides is 1. The molecule has 2 aromatic rings. The number of carbonyl (C=O) groups excluding carboxylic acids is 3. The van der Waals surface area contributed by atoms with Gasteiger partial charge in [-0.15, -0.1) is 0 Å². The first-order chi connectivity index (χ1) is 15.2. The van der Waals surface area contributed by atoms with E-state index in [0.717, 1.165) is 0 Å². The van der Waals surface area contributed by atoms with Crippen LogP contribution in [0, 0.1) is 0 Å². The third kappa shape index (κ3) is 6.47. The minimum Gasteiger partial charge on any atom is -0.457 e. The van der Waals surface area contributed by atoms with E-state index in [1.54, 1.807) is 34.8 Å². The fraction of sp³-hybridized carbons (Fsp3) is 0.556. The summed E-state index contributed by atoms with van der Waals surface area (Å²) in [7, 11) is -1.93. The predicted octanol–water partition coefficient (Wildman–Crippen LogP) is 2.41. The normalized spacial score (nSPS) is 12.1. The quantitative estimate of drug-likeness (QED) is 0.168. The highest BCUT2D eigenvalue weighted by molar-refractivity contribution is 7.43. The fourth-order valence-electron chi connectivity index (χ4n) is 2.54. The lowest BCUT2D eigenvalue weighted by molar-refractivity contribution is -0.120. The van der Waals surface area contributed by atoms with Crippen LogP contribution in [0.5, 0.6) is 0 Å². The molecule has 1 atom stereocenters. The van der Waals surface area contributed by atoms with Gasteiger partial charge in [0.1, 0.15) is 11.3 Å². The third-order valence-corrected chi connectivity index (χ3v) is 4.78. The van der Waals surface area contributed by atoms with Gasteiger partial charge in [-0.25, -0.2) is 24.5 Å². The molecule has 13 nitrogen and oxygen atoms in total. The lowest BCUT2D eigenvalue weighted by Gasteiger charge is -2.21. The summed E-state index contributed by atoms with van der Waals surface area (Å²) in [6.45, 7) is 6.91. The molecule has 0 aromatic carbocycles. The van der Waals surface area contributed by atoms with Gasteiger partial charge in [0.2, 0.25) is 5.82 Å². The third-order valence-electron chi connectivity index (χ3n) is 3.73. The lowest BCUT2D eigenvalue weighted by atomic mass is 10.3. The summed E-state index contributed by atoms with van der Waals surface area (Å²) < 4.78 is 33.1. The largest absolute Gasteiger partial charge is 0.457 e. The number of aromatic amines is 1. The molecule has 0 saturated heterocycles. The molecule has 1 unspecified atom stereocenters. The summed E-state index contributed by atoms with van der Waals surface area (Å²) in [6.07, 6.45) is -1.15. The van der Waals surface area contributed by atoms with Crippen molar-refractivity contribution in [2.75, 3.05) is 18.4 Å². The second-order valence-electron chi connectivity index (χ2n) is 7.05. The lowest BCUT2D eigenvalue weighted by Crippen LogP contribution is -2.29. The van der Waals surface area contributed by atoms with Crippen LogP contribution >= 0.6 is 8.18 Å². The maximum absolute atomic E-state index is 12.7. The van der Waals surface area contributed by atoms with Crippen LogP contribution in [0.15, 0.2) is 0 Å². The molecular formula is C18H26N5O8P. The molecule has 2 aromatic heterocycles. The number of carbonyl (C=O) groups is 3. The van der Waals surface area contributed by atoms with Crippen molar-refractivity contribution in [3.8, 4) is 0 Å². The topological polar surface area (TPSA) is 163 Å². The number of H-pyrrole nitrogens is 1. The molecule has 14 heteroatoms. The maximum atomic E-state index is 12.7. The van der Waals surface area contributed by atoms with Crippen molar-refractivity contribution in [2.45, 2.75) is 52.7 Å². The minimum atomic E-state index is -3.47. The molecule has 0 radical (unpaired) electrons. The first kappa shape index (κ1) is 25.2. The number of imidazole rings is 1. The highest BCUT2D eigenvalue weighted by Crippen LogP contribution is 2.37. The van der Waals surface area contributed by atoms with Gasteiger partial charge in [-0.3, -0.25) is 9.36 Å². The number of nitrogens with one attached hydrogen (secondary N) is 1. The van der Waals surface area contributed by atoms with E-state index in [9.17, 15) is 18.9 Å². The Hall–Kier alpha value is -3.05. The number of esters is 1. The summed E-state index contributed by atoms with van der Waals surface area (Å²) in [5, 5.41) is 0. The highest BCUT2D eigenvalue weighted by atomic mass is 31.1. The molecule has 1 amide bonds. The van der Waals surface area contributed by atoms with E-state index in [-0.39, 0.29) is 35.1 Å². The number of hydrogen-bond donors (Lipinski definition) is 1. The van der Waals surface area contributed by atoms with Crippen molar-refractivity contribution >= 4 is 43.7 Å². The van der Waals surface area contributed by atoms with E-state index >= 15 is 0 Å². The number of aromatic nitrogens is 4. The van der Waals surface area contributed by atoms with Gasteiger partial charge in [-0.1, -0.05) is 0 Å². The van der Waals surface area contributed by atoms with Gasteiger partial charge in [0.05, 0.1) is 12.2 Å². The van der Waals surface area contributed by atoms with Gasteiger partial charge in [0, 0.05) is 20.1 Å². The molecule has 176 valence electrons. The fourth-order valence-corrected chi connectivity index (χ4v) is 3.26. The molecule has 32 heavy (non-hydrogen) atoms. The number of rotatable bonds is 11. The smallest absolute Gasteiger partial charge is 0.423 e. The molecule has 0 saturated carbocycles. The van der Waals surface area contributed by atoms with Gasteiger partial charge in [0.15, 0.2) is 11.5 Å². The molecule has 0 aliphatic rings. The van der Waals surface area contributed by atoms with Crippen LogP contribution < -0.4 is 4.67 Å². The summed E-state index contributed by atoms with van der Waals surface area (Å²) >= 11 is 0. The molecule has 0 fully saturated rings. The minimum absolute atomic E-state index is 0.0183. The Labute approximate surface area is 184 Å². The number of ether oxygens (including phenoxy) is 3. The molecular weight excluding hydrogens is 445 g/mol. The van der Waals surface area contributed by atoms with Crippen LogP contribution in [0.1, 0.15) is 50.6 Å². The van der Waals surface area contributed by atoms with Gasteiger partial charge in [0.25, 0.3) is 6.47 Å². The number of aryl methyl sites for hydroxylation is 1. The maximum Gasteiger partial charge on any atom is 0.423 e. The first-order valence-electron chi connectivity index (χ1n) is 9.79. The zero-order valence-electron chi connectivity index (χ0n) is 18.4. The number of nitrogens with zero attached hydrogens (tertiary/aromatic N) is 4. The predicted molar refractivity (Wildman–Crippen MR) is 113 cm³/mol. The Bertz CT molecular complexity index is 993. The van der Waals surface area contributed by atoms with Crippen molar-refractivity contribution in [1.29, 1.82) is 0 Å². The standard InChI is InChI=1S/C18H26N5O8P/c1-10(2)30-17(25)15-21-13-14(22-15)19-12(7-6-8-28-5)20-16(13)23(32(27)29-9-24)18(26)31-11(3)4/h9-11,32H,6-8H2,1-5H3,(H,19,20,21,22). The van der Waals surface area contributed by atoms with Gasteiger partial charge >= 0.3 is 20.2 Å². The van der Waals surface area contributed by atoms with Gasteiger partial charge < -0.3 is 23.7 Å². The van der Waals surface area contributed by atoms with Crippen molar-refractivity contribution in [2.24, 2.45) is 0 Å². The zero-order chi connectivity index (χ0) is 23.8. The Morgan fingerprint density at radius 2 is 1.81 bits per heavy atom. The molecule has 0 bridgehead atoms.